The molecule has 0 aromatic rings. The maximum Gasteiger partial charge on any atom is 0.209 e. The molecule has 1 aliphatic rings. The number of sulfonamides is 1. The zero-order valence-electron chi connectivity index (χ0n) is 9.48. The molecule has 17 heavy (non-hydrogen) atoms. The number of nitrogens with one attached hydrogen (secondary N) is 1. The topological polar surface area (TPSA) is 125 Å². The van der Waals surface area contributed by atoms with Gasteiger partial charge in [-0.1, -0.05) is 0 Å². The Bertz CT molecular complexity index is 344. The summed E-state index contributed by atoms with van der Waals surface area (Å²) in [5.41, 5.74) is 0. The van der Waals surface area contributed by atoms with E-state index in [0.29, 0.717) is 0 Å². The number of aliphatic hydroxyl groups is 3. The van der Waals surface area contributed by atoms with E-state index in [1.165, 1.54) is 7.11 Å². The highest BCUT2D eigenvalue weighted by Crippen LogP contribution is 2.21. The Hall–Kier alpha value is -0.290. The highest BCUT2D eigenvalue weighted by Gasteiger charge is 2.45. The maximum atomic E-state index is 11.1. The first-order valence-corrected chi connectivity index (χ1v) is 6.82. The zero-order valence-corrected chi connectivity index (χ0v) is 10.3. The van der Waals surface area contributed by atoms with Crippen molar-refractivity contribution in [3.63, 3.8) is 0 Å². The van der Waals surface area contributed by atoms with Crippen LogP contribution in [0.25, 0.3) is 0 Å². The lowest BCUT2D eigenvalue weighted by atomic mass is 9.98. The molecule has 9 heteroatoms. The van der Waals surface area contributed by atoms with Gasteiger partial charge in [-0.15, -0.1) is 0 Å². The first-order valence-electron chi connectivity index (χ1n) is 4.92. The molecule has 0 aliphatic carbocycles. The molecule has 5 atom stereocenters. The molecule has 1 fully saturated rings. The van der Waals surface area contributed by atoms with Gasteiger partial charge in [0.1, 0.15) is 24.4 Å². The smallest absolute Gasteiger partial charge is 0.209 e. The quantitative estimate of drug-likeness (QED) is 0.429. The molecule has 102 valence electrons. The van der Waals surface area contributed by atoms with Gasteiger partial charge in [0.15, 0.2) is 6.29 Å². The van der Waals surface area contributed by atoms with Crippen LogP contribution in [0.5, 0.6) is 0 Å². The van der Waals surface area contributed by atoms with Crippen LogP contribution in [0.15, 0.2) is 0 Å². The predicted octanol–water partition coefficient (Wildman–Crippen LogP) is -3.01. The molecule has 0 saturated carbocycles. The standard InChI is InChI=1S/C8H17NO7S/c1-15-8-5(9-17(2,13)14)7(12)6(11)4(3-10)16-8/h4-12H,3H2,1-2H3/t4-,5-,6-,7-,8-/m1/s1. The fourth-order valence-electron chi connectivity index (χ4n) is 1.66. The Morgan fingerprint density at radius 2 is 1.94 bits per heavy atom. The van der Waals surface area contributed by atoms with Gasteiger partial charge >= 0.3 is 0 Å². The van der Waals surface area contributed by atoms with E-state index in [9.17, 15) is 18.6 Å². The monoisotopic (exact) mass is 271 g/mol. The van der Waals surface area contributed by atoms with Gasteiger partial charge in [-0.3, -0.25) is 0 Å². The van der Waals surface area contributed by atoms with Crippen molar-refractivity contribution >= 4 is 10.0 Å². The number of hydrogen-bond acceptors (Lipinski definition) is 7. The largest absolute Gasteiger partial charge is 0.394 e. The van der Waals surface area contributed by atoms with Crippen molar-refractivity contribution in [2.45, 2.75) is 30.6 Å². The highest BCUT2D eigenvalue weighted by atomic mass is 32.2. The lowest BCUT2D eigenvalue weighted by molar-refractivity contribution is -0.260. The number of rotatable bonds is 4. The van der Waals surface area contributed by atoms with Crippen molar-refractivity contribution in [3.05, 3.63) is 0 Å². The molecule has 1 rings (SSSR count). The minimum absolute atomic E-state index is 0.510. The second-order valence-corrected chi connectivity index (χ2v) is 5.64. The second kappa shape index (κ2) is 5.57. The van der Waals surface area contributed by atoms with Crippen LogP contribution in [0.3, 0.4) is 0 Å². The third-order valence-corrected chi connectivity index (χ3v) is 3.16. The summed E-state index contributed by atoms with van der Waals surface area (Å²) in [7, 11) is -2.33. The van der Waals surface area contributed by atoms with Crippen molar-refractivity contribution < 1.29 is 33.2 Å². The Labute approximate surface area is 99.2 Å². The Kier molecular flexibility index (Phi) is 4.84. The van der Waals surface area contributed by atoms with E-state index in [1.807, 2.05) is 0 Å². The maximum absolute atomic E-state index is 11.1. The van der Waals surface area contributed by atoms with Crippen molar-refractivity contribution in [2.75, 3.05) is 20.0 Å². The number of hydrogen-bond donors (Lipinski definition) is 4. The van der Waals surface area contributed by atoms with Gasteiger partial charge in [0, 0.05) is 7.11 Å². The van der Waals surface area contributed by atoms with Gasteiger partial charge in [0.05, 0.1) is 12.9 Å². The van der Waals surface area contributed by atoms with Gasteiger partial charge in [0.2, 0.25) is 10.0 Å². The average Bonchev–Trinajstić information content (AvgIpc) is 2.24. The van der Waals surface area contributed by atoms with Crippen LogP contribution in [0, 0.1) is 0 Å². The molecular formula is C8H17NO7S. The average molecular weight is 271 g/mol. The van der Waals surface area contributed by atoms with Crippen LogP contribution < -0.4 is 4.72 Å². The molecule has 0 radical (unpaired) electrons. The Morgan fingerprint density at radius 1 is 1.35 bits per heavy atom. The van der Waals surface area contributed by atoms with E-state index in [4.69, 9.17) is 14.6 Å². The van der Waals surface area contributed by atoms with Crippen LogP contribution in [0.4, 0.5) is 0 Å². The summed E-state index contributed by atoms with van der Waals surface area (Å²) in [4.78, 5) is 0. The molecule has 1 aliphatic heterocycles. The van der Waals surface area contributed by atoms with E-state index in [0.717, 1.165) is 6.26 Å². The zero-order chi connectivity index (χ0) is 13.2. The fourth-order valence-corrected chi connectivity index (χ4v) is 2.40. The predicted molar refractivity (Wildman–Crippen MR) is 56.5 cm³/mol. The number of ether oxygens (including phenoxy) is 2. The normalized spacial score (nSPS) is 39.2. The molecule has 1 saturated heterocycles. The van der Waals surface area contributed by atoms with Crippen molar-refractivity contribution in [1.82, 2.24) is 4.72 Å². The van der Waals surface area contributed by atoms with Crippen molar-refractivity contribution in [2.24, 2.45) is 0 Å². The van der Waals surface area contributed by atoms with Crippen molar-refractivity contribution in [3.8, 4) is 0 Å². The van der Waals surface area contributed by atoms with E-state index >= 15 is 0 Å². The summed E-state index contributed by atoms with van der Waals surface area (Å²) in [6, 6.07) is -1.13. The molecule has 0 aromatic carbocycles. The third-order valence-electron chi connectivity index (χ3n) is 2.46. The summed E-state index contributed by atoms with van der Waals surface area (Å²) in [5.74, 6) is 0. The third kappa shape index (κ3) is 3.58. The molecule has 0 bridgehead atoms. The minimum Gasteiger partial charge on any atom is -0.394 e. The van der Waals surface area contributed by atoms with Crippen molar-refractivity contribution in [1.29, 1.82) is 0 Å². The van der Waals surface area contributed by atoms with Gasteiger partial charge in [-0.05, 0) is 0 Å². The summed E-state index contributed by atoms with van der Waals surface area (Å²) < 4.78 is 34.3. The summed E-state index contributed by atoms with van der Waals surface area (Å²) in [6.07, 6.45) is -4.02. The molecular weight excluding hydrogens is 254 g/mol. The molecule has 0 spiro atoms. The van der Waals surface area contributed by atoms with Crippen LogP contribution in [0.1, 0.15) is 0 Å². The number of aliphatic hydroxyl groups excluding tert-OH is 3. The molecule has 8 nitrogen and oxygen atoms in total. The van der Waals surface area contributed by atoms with Crippen LogP contribution in [-0.2, 0) is 19.5 Å². The summed E-state index contributed by atoms with van der Waals surface area (Å²) >= 11 is 0. The first kappa shape index (κ1) is 14.8. The van der Waals surface area contributed by atoms with Crippen LogP contribution in [0.2, 0.25) is 0 Å². The molecule has 0 unspecified atom stereocenters. The minimum atomic E-state index is -3.59. The van der Waals surface area contributed by atoms with E-state index < -0.39 is 47.3 Å². The molecule has 4 N–H and O–H groups in total. The van der Waals surface area contributed by atoms with Gasteiger partial charge in [-0.2, -0.15) is 0 Å². The Balaban J connectivity index is 2.87. The van der Waals surface area contributed by atoms with E-state index in [-0.39, 0.29) is 0 Å². The fraction of sp³-hybridized carbons (Fsp3) is 1.00. The van der Waals surface area contributed by atoms with Gasteiger partial charge < -0.3 is 24.8 Å². The number of methoxy groups -OCH3 is 1. The van der Waals surface area contributed by atoms with E-state index in [1.54, 1.807) is 0 Å². The Morgan fingerprint density at radius 3 is 2.35 bits per heavy atom. The molecule has 0 amide bonds. The lowest BCUT2D eigenvalue weighted by Crippen LogP contribution is -2.64. The first-order chi connectivity index (χ1) is 7.80. The summed E-state index contributed by atoms with van der Waals surface area (Å²) in [6.45, 7) is -0.510. The highest BCUT2D eigenvalue weighted by molar-refractivity contribution is 7.88. The van der Waals surface area contributed by atoms with Gasteiger partial charge in [-0.25, -0.2) is 13.1 Å². The summed E-state index contributed by atoms with van der Waals surface area (Å²) in [5, 5.41) is 28.3. The molecule has 1 heterocycles. The van der Waals surface area contributed by atoms with Gasteiger partial charge in [0.25, 0.3) is 0 Å². The van der Waals surface area contributed by atoms with Crippen LogP contribution in [-0.4, -0.2) is 74.4 Å². The SMILES string of the molecule is CO[C@@H]1O[C@H](CO)[C@@H](O)[C@H](O)[C@H]1NS(C)(=O)=O. The lowest BCUT2D eigenvalue weighted by Gasteiger charge is -2.41. The second-order valence-electron chi connectivity index (χ2n) is 3.86. The molecule has 0 aromatic heterocycles. The van der Waals surface area contributed by atoms with E-state index in [2.05, 4.69) is 4.72 Å². The van der Waals surface area contributed by atoms with Crippen LogP contribution >= 0.6 is 0 Å².